The third kappa shape index (κ3) is 2.55. The summed E-state index contributed by atoms with van der Waals surface area (Å²) in [5, 5.41) is 0. The molecule has 1 amide bonds. The van der Waals surface area contributed by atoms with Gasteiger partial charge in [-0.1, -0.05) is 6.92 Å². The van der Waals surface area contributed by atoms with Gasteiger partial charge >= 0.3 is 5.97 Å². The van der Waals surface area contributed by atoms with Crippen molar-refractivity contribution in [3.63, 3.8) is 0 Å². The van der Waals surface area contributed by atoms with E-state index in [1.165, 1.54) is 19.8 Å². The number of nitrogen functional groups attached to an aromatic ring is 1. The lowest BCUT2D eigenvalue weighted by atomic mass is 10.0. The molecule has 0 saturated carbocycles. The molecule has 1 aliphatic heterocycles. The first-order chi connectivity index (χ1) is 11.4. The fraction of sp³-hybridized carbons (Fsp3) is 0.533. The predicted molar refractivity (Wildman–Crippen MR) is 85.6 cm³/mol. The van der Waals surface area contributed by atoms with Gasteiger partial charge in [-0.15, -0.1) is 0 Å². The molecule has 1 aliphatic rings. The number of rotatable bonds is 3. The van der Waals surface area contributed by atoms with Gasteiger partial charge in [-0.3, -0.25) is 4.79 Å². The number of anilines is 1. The molecule has 2 aromatic heterocycles. The molecule has 3 heterocycles. The molecule has 0 aromatic carbocycles. The maximum atomic E-state index is 12.8. The van der Waals surface area contributed by atoms with E-state index in [2.05, 4.69) is 15.0 Å². The van der Waals surface area contributed by atoms with Crippen LogP contribution in [-0.4, -0.2) is 55.5 Å². The van der Waals surface area contributed by atoms with Crippen LogP contribution in [0.3, 0.4) is 0 Å². The molecule has 1 saturated heterocycles. The van der Waals surface area contributed by atoms with Crippen LogP contribution in [0.4, 0.5) is 5.82 Å². The monoisotopic (exact) mass is 332 g/mol. The molecule has 0 bridgehead atoms. The number of nitrogens with zero attached hydrogens (tertiary/aromatic N) is 5. The number of aromatic nitrogens is 4. The second kappa shape index (κ2) is 6.06. The lowest BCUT2D eigenvalue weighted by Gasteiger charge is -2.27. The molecule has 9 heteroatoms. The second-order valence-corrected chi connectivity index (χ2v) is 6.10. The van der Waals surface area contributed by atoms with Crippen LogP contribution in [0.5, 0.6) is 0 Å². The molecule has 3 rings (SSSR count). The summed E-state index contributed by atoms with van der Waals surface area (Å²) < 4.78 is 6.45. The van der Waals surface area contributed by atoms with Gasteiger partial charge in [0.05, 0.1) is 13.4 Å². The van der Waals surface area contributed by atoms with Gasteiger partial charge in [-0.25, -0.2) is 19.7 Å². The first-order valence-corrected chi connectivity index (χ1v) is 7.74. The van der Waals surface area contributed by atoms with E-state index < -0.39 is 6.04 Å². The summed E-state index contributed by atoms with van der Waals surface area (Å²) in [5.41, 5.74) is 6.71. The average Bonchev–Trinajstić information content (AvgIpc) is 3.10. The van der Waals surface area contributed by atoms with Gasteiger partial charge in [-0.2, -0.15) is 0 Å². The summed E-state index contributed by atoms with van der Waals surface area (Å²) >= 11 is 0. The third-order valence-electron chi connectivity index (χ3n) is 4.69. The standard InChI is InChI=1S/C15H20N6O3/c1-8-4-10(15(23)24-3)21(9(8)2)11(22)5-20-7-19-12-13(16)17-6-18-14(12)20/h6-10H,4-5H2,1-3H3,(H2,16,17,18)/t8-,9-,10+/m1/s1. The molecular formula is C15H20N6O3. The first kappa shape index (κ1) is 16.2. The van der Waals surface area contributed by atoms with Crippen molar-refractivity contribution in [2.24, 2.45) is 5.92 Å². The minimum absolute atomic E-state index is 0.0253. The Morgan fingerprint density at radius 2 is 2.08 bits per heavy atom. The molecule has 24 heavy (non-hydrogen) atoms. The van der Waals surface area contributed by atoms with E-state index in [1.54, 1.807) is 9.47 Å². The zero-order valence-corrected chi connectivity index (χ0v) is 13.8. The van der Waals surface area contributed by atoms with E-state index in [0.29, 0.717) is 17.6 Å². The van der Waals surface area contributed by atoms with Gasteiger partial charge in [0.15, 0.2) is 11.5 Å². The molecule has 2 N–H and O–H groups in total. The molecule has 9 nitrogen and oxygen atoms in total. The predicted octanol–water partition coefficient (Wildman–Crippen LogP) is 0.207. The lowest BCUT2D eigenvalue weighted by molar-refractivity contribution is -0.152. The van der Waals surface area contributed by atoms with E-state index in [-0.39, 0.29) is 36.2 Å². The Labute approximate surface area is 138 Å². The van der Waals surface area contributed by atoms with Crippen molar-refractivity contribution in [2.75, 3.05) is 12.8 Å². The summed E-state index contributed by atoms with van der Waals surface area (Å²) in [6.45, 7) is 3.99. The molecule has 2 aromatic rings. The molecule has 3 atom stereocenters. The van der Waals surface area contributed by atoms with Crippen LogP contribution in [0.25, 0.3) is 11.2 Å². The molecule has 0 aliphatic carbocycles. The van der Waals surface area contributed by atoms with E-state index in [4.69, 9.17) is 10.5 Å². The Kier molecular flexibility index (Phi) is 4.08. The Hall–Kier alpha value is -2.71. The Balaban J connectivity index is 1.87. The highest BCUT2D eigenvalue weighted by atomic mass is 16.5. The Morgan fingerprint density at radius 1 is 1.33 bits per heavy atom. The number of imidazole rings is 1. The number of nitrogens with two attached hydrogens (primary N) is 1. The molecule has 0 spiro atoms. The van der Waals surface area contributed by atoms with Gasteiger partial charge in [0.1, 0.15) is 24.4 Å². The van der Waals surface area contributed by atoms with Crippen molar-refractivity contribution < 1.29 is 14.3 Å². The van der Waals surface area contributed by atoms with Crippen LogP contribution in [0.15, 0.2) is 12.7 Å². The highest BCUT2D eigenvalue weighted by Crippen LogP contribution is 2.30. The summed E-state index contributed by atoms with van der Waals surface area (Å²) in [5.74, 6) is -0.0855. The fourth-order valence-corrected chi connectivity index (χ4v) is 3.21. The van der Waals surface area contributed by atoms with Crippen molar-refractivity contribution in [1.82, 2.24) is 24.4 Å². The lowest BCUT2D eigenvalue weighted by Crippen LogP contribution is -2.46. The summed E-state index contributed by atoms with van der Waals surface area (Å²) in [4.78, 5) is 38.6. The van der Waals surface area contributed by atoms with Crippen LogP contribution < -0.4 is 5.73 Å². The number of carbonyl (C=O) groups excluding carboxylic acids is 2. The normalized spacial score (nSPS) is 23.6. The van der Waals surface area contributed by atoms with Crippen LogP contribution in [0.2, 0.25) is 0 Å². The van der Waals surface area contributed by atoms with Gasteiger partial charge in [-0.05, 0) is 19.3 Å². The zero-order valence-electron chi connectivity index (χ0n) is 13.8. The Bertz CT molecular complexity index is 789. The number of hydrogen-bond donors (Lipinski definition) is 1. The summed E-state index contributed by atoms with van der Waals surface area (Å²) in [7, 11) is 1.34. The number of esters is 1. The number of likely N-dealkylation sites (tertiary alicyclic amines) is 1. The molecule has 0 unspecified atom stereocenters. The second-order valence-electron chi connectivity index (χ2n) is 6.10. The number of methoxy groups -OCH3 is 1. The van der Waals surface area contributed by atoms with Gasteiger partial charge in [0.25, 0.3) is 0 Å². The van der Waals surface area contributed by atoms with E-state index in [1.807, 2.05) is 13.8 Å². The van der Waals surface area contributed by atoms with Crippen molar-refractivity contribution in [2.45, 2.75) is 38.9 Å². The number of carbonyl (C=O) groups is 2. The largest absolute Gasteiger partial charge is 0.467 e. The maximum absolute atomic E-state index is 12.8. The highest BCUT2D eigenvalue weighted by Gasteiger charge is 2.43. The van der Waals surface area contributed by atoms with Crippen LogP contribution in [0.1, 0.15) is 20.3 Å². The summed E-state index contributed by atoms with van der Waals surface area (Å²) in [6, 6.07) is -0.599. The van der Waals surface area contributed by atoms with E-state index in [0.717, 1.165) is 0 Å². The molecule has 128 valence electrons. The molecule has 0 radical (unpaired) electrons. The van der Waals surface area contributed by atoms with Gasteiger partial charge < -0.3 is 19.9 Å². The topological polar surface area (TPSA) is 116 Å². The summed E-state index contributed by atoms with van der Waals surface area (Å²) in [6.07, 6.45) is 3.43. The van der Waals surface area contributed by atoms with Crippen molar-refractivity contribution in [3.05, 3.63) is 12.7 Å². The third-order valence-corrected chi connectivity index (χ3v) is 4.69. The van der Waals surface area contributed by atoms with E-state index >= 15 is 0 Å². The van der Waals surface area contributed by atoms with E-state index in [9.17, 15) is 9.59 Å². The van der Waals surface area contributed by atoms with Crippen LogP contribution >= 0.6 is 0 Å². The van der Waals surface area contributed by atoms with Crippen LogP contribution in [-0.2, 0) is 20.9 Å². The SMILES string of the molecule is COC(=O)[C@@H]1C[C@@H](C)[C@@H](C)N1C(=O)Cn1cnc2c(N)ncnc21. The number of hydrogen-bond acceptors (Lipinski definition) is 7. The highest BCUT2D eigenvalue weighted by molar-refractivity contribution is 5.87. The van der Waals surface area contributed by atoms with Crippen LogP contribution in [0, 0.1) is 5.92 Å². The quantitative estimate of drug-likeness (QED) is 0.798. The number of amides is 1. The molecule has 1 fully saturated rings. The number of ether oxygens (including phenoxy) is 1. The van der Waals surface area contributed by atoms with Crippen molar-refractivity contribution in [1.29, 1.82) is 0 Å². The Morgan fingerprint density at radius 3 is 2.79 bits per heavy atom. The minimum atomic E-state index is -0.554. The molecular weight excluding hydrogens is 312 g/mol. The number of fused-ring (bicyclic) bond motifs is 1. The fourth-order valence-electron chi connectivity index (χ4n) is 3.21. The average molecular weight is 332 g/mol. The first-order valence-electron chi connectivity index (χ1n) is 7.74. The van der Waals surface area contributed by atoms with Crippen molar-refractivity contribution >= 4 is 28.9 Å². The zero-order chi connectivity index (χ0) is 17.4. The van der Waals surface area contributed by atoms with Gasteiger partial charge in [0, 0.05) is 6.04 Å². The smallest absolute Gasteiger partial charge is 0.328 e. The van der Waals surface area contributed by atoms with Gasteiger partial charge in [0.2, 0.25) is 5.91 Å². The minimum Gasteiger partial charge on any atom is -0.467 e. The maximum Gasteiger partial charge on any atom is 0.328 e. The van der Waals surface area contributed by atoms with Crippen molar-refractivity contribution in [3.8, 4) is 0 Å².